The number of benzene rings is 1. The van der Waals surface area contributed by atoms with E-state index in [0.29, 0.717) is 24.2 Å². The third-order valence-electron chi connectivity index (χ3n) is 4.68. The van der Waals surface area contributed by atoms with Crippen LogP contribution < -0.4 is 5.73 Å². The topological polar surface area (TPSA) is 131 Å². The van der Waals surface area contributed by atoms with Crippen LogP contribution in [0.3, 0.4) is 0 Å². The number of halogens is 1. The second-order valence-corrected chi connectivity index (χ2v) is 6.61. The molecule has 0 saturated heterocycles. The molecular formula is C19H21FN6O2. The molecule has 3 aromatic rings. The minimum absolute atomic E-state index is 0.152. The number of H-pyrrole nitrogens is 1. The fourth-order valence-electron chi connectivity index (χ4n) is 3.29. The zero-order valence-corrected chi connectivity index (χ0v) is 15.3. The third kappa shape index (κ3) is 4.30. The van der Waals surface area contributed by atoms with Gasteiger partial charge < -0.3 is 10.8 Å². The number of carboxylic acid groups (broad SMARTS) is 1. The average Bonchev–Trinajstić information content (AvgIpc) is 3.21. The predicted molar refractivity (Wildman–Crippen MR) is 101 cm³/mol. The van der Waals surface area contributed by atoms with Crippen molar-refractivity contribution in [2.75, 3.05) is 5.73 Å². The Bertz CT molecular complexity index is 947. The molecular weight excluding hydrogens is 363 g/mol. The quantitative estimate of drug-likeness (QED) is 0.544. The van der Waals surface area contributed by atoms with Crippen LogP contribution in [0.1, 0.15) is 37.1 Å². The molecule has 0 amide bonds. The summed E-state index contributed by atoms with van der Waals surface area (Å²) in [6.07, 6.45) is 3.14. The molecule has 0 aliphatic rings. The van der Waals surface area contributed by atoms with E-state index in [1.807, 2.05) is 31.2 Å². The summed E-state index contributed by atoms with van der Waals surface area (Å²) in [6, 6.07) is 8.77. The SMILES string of the molecule is CCC[C@H](C(=O)O)[C@H](Cc1cccc(-c2cnc(N)c(F)c2)c1)c1nn[nH]n1. The number of nitrogens with zero attached hydrogens (tertiary/aromatic N) is 4. The van der Waals surface area contributed by atoms with E-state index in [-0.39, 0.29) is 5.82 Å². The highest BCUT2D eigenvalue weighted by molar-refractivity contribution is 5.71. The Morgan fingerprint density at radius 3 is 2.79 bits per heavy atom. The monoisotopic (exact) mass is 384 g/mol. The zero-order chi connectivity index (χ0) is 20.1. The maximum atomic E-state index is 13.8. The highest BCUT2D eigenvalue weighted by atomic mass is 19.1. The third-order valence-corrected chi connectivity index (χ3v) is 4.68. The van der Waals surface area contributed by atoms with Crippen LogP contribution in [-0.4, -0.2) is 36.7 Å². The highest BCUT2D eigenvalue weighted by Crippen LogP contribution is 2.31. The number of carboxylic acids is 1. The first kappa shape index (κ1) is 19.4. The smallest absolute Gasteiger partial charge is 0.307 e. The van der Waals surface area contributed by atoms with Gasteiger partial charge in [-0.3, -0.25) is 4.79 Å². The molecule has 0 unspecified atom stereocenters. The van der Waals surface area contributed by atoms with Crippen LogP contribution in [0.15, 0.2) is 36.5 Å². The minimum atomic E-state index is -0.891. The first-order chi connectivity index (χ1) is 13.5. The number of pyridine rings is 1. The van der Waals surface area contributed by atoms with Crippen molar-refractivity contribution in [1.29, 1.82) is 0 Å². The van der Waals surface area contributed by atoms with Gasteiger partial charge in [0.25, 0.3) is 0 Å². The van der Waals surface area contributed by atoms with Crippen LogP contribution in [0.4, 0.5) is 10.2 Å². The first-order valence-corrected chi connectivity index (χ1v) is 8.96. The van der Waals surface area contributed by atoms with Crippen LogP contribution in [0.2, 0.25) is 0 Å². The number of aromatic amines is 1. The van der Waals surface area contributed by atoms with Gasteiger partial charge in [0.05, 0.1) is 5.92 Å². The molecule has 0 fully saturated rings. The lowest BCUT2D eigenvalue weighted by molar-refractivity contribution is -0.142. The van der Waals surface area contributed by atoms with E-state index in [2.05, 4.69) is 25.6 Å². The van der Waals surface area contributed by atoms with Gasteiger partial charge in [0.1, 0.15) is 0 Å². The van der Waals surface area contributed by atoms with Gasteiger partial charge in [0, 0.05) is 17.7 Å². The summed E-state index contributed by atoms with van der Waals surface area (Å²) < 4.78 is 13.8. The number of tetrazole rings is 1. The summed E-state index contributed by atoms with van der Waals surface area (Å²) >= 11 is 0. The number of hydrogen-bond donors (Lipinski definition) is 3. The Balaban J connectivity index is 1.93. The summed E-state index contributed by atoms with van der Waals surface area (Å²) in [5.74, 6) is -2.33. The van der Waals surface area contributed by atoms with Crippen molar-refractivity contribution < 1.29 is 14.3 Å². The predicted octanol–water partition coefficient (Wildman–Crippen LogP) is 2.81. The second kappa shape index (κ2) is 8.55. The molecule has 3 rings (SSSR count). The molecule has 28 heavy (non-hydrogen) atoms. The number of aliphatic carboxylic acids is 1. The number of nitrogen functional groups attached to an aromatic ring is 1. The second-order valence-electron chi connectivity index (χ2n) is 6.61. The van der Waals surface area contributed by atoms with Gasteiger partial charge in [0.2, 0.25) is 0 Å². The van der Waals surface area contributed by atoms with Gasteiger partial charge >= 0.3 is 5.97 Å². The number of hydrogen-bond acceptors (Lipinski definition) is 6. The van der Waals surface area contributed by atoms with Gasteiger partial charge in [-0.05, 0) is 30.0 Å². The molecule has 146 valence electrons. The van der Waals surface area contributed by atoms with Crippen LogP contribution >= 0.6 is 0 Å². The largest absolute Gasteiger partial charge is 0.481 e. The molecule has 8 nitrogen and oxygen atoms in total. The van der Waals surface area contributed by atoms with E-state index < -0.39 is 23.6 Å². The Kier molecular flexibility index (Phi) is 5.93. The van der Waals surface area contributed by atoms with E-state index in [1.165, 1.54) is 12.3 Å². The zero-order valence-electron chi connectivity index (χ0n) is 15.3. The number of nitrogens with two attached hydrogens (primary N) is 1. The molecule has 0 saturated carbocycles. The standard InChI is InChI=1S/C19H21FN6O2/c1-2-4-14(19(27)28)15(18-23-25-26-24-18)8-11-5-3-6-12(7-11)13-9-16(20)17(21)22-10-13/h3,5-7,9-10,14-15H,2,4,8H2,1H3,(H2,21,22)(H,27,28)(H,23,24,25,26)/t14-,15-/m0/s1. The Hall–Kier alpha value is -3.36. The van der Waals surface area contributed by atoms with E-state index in [9.17, 15) is 14.3 Å². The molecule has 9 heteroatoms. The maximum absolute atomic E-state index is 13.8. The minimum Gasteiger partial charge on any atom is -0.481 e. The molecule has 2 aromatic heterocycles. The number of nitrogens with one attached hydrogen (secondary N) is 1. The van der Waals surface area contributed by atoms with Crippen molar-refractivity contribution in [2.45, 2.75) is 32.1 Å². The fraction of sp³-hybridized carbons (Fsp3) is 0.316. The number of aromatic nitrogens is 5. The number of carbonyl (C=O) groups is 1. The highest BCUT2D eigenvalue weighted by Gasteiger charge is 2.32. The van der Waals surface area contributed by atoms with Crippen molar-refractivity contribution >= 4 is 11.8 Å². The van der Waals surface area contributed by atoms with E-state index in [4.69, 9.17) is 5.73 Å². The fourth-order valence-corrected chi connectivity index (χ4v) is 3.29. The van der Waals surface area contributed by atoms with Crippen LogP contribution in [0.25, 0.3) is 11.1 Å². The van der Waals surface area contributed by atoms with Gasteiger partial charge in [-0.15, -0.1) is 10.2 Å². The first-order valence-electron chi connectivity index (χ1n) is 8.96. The van der Waals surface area contributed by atoms with Crippen LogP contribution in [0.5, 0.6) is 0 Å². The summed E-state index contributed by atoms with van der Waals surface area (Å²) in [6.45, 7) is 1.94. The Morgan fingerprint density at radius 1 is 1.32 bits per heavy atom. The number of rotatable bonds is 8. The molecule has 0 bridgehead atoms. The van der Waals surface area contributed by atoms with Crippen LogP contribution in [0, 0.1) is 11.7 Å². The van der Waals surface area contributed by atoms with E-state index in [1.54, 1.807) is 0 Å². The Morgan fingerprint density at radius 2 is 2.14 bits per heavy atom. The van der Waals surface area contributed by atoms with Gasteiger partial charge in [0.15, 0.2) is 17.5 Å². The molecule has 0 aliphatic carbocycles. The Labute approximate surface area is 161 Å². The van der Waals surface area contributed by atoms with E-state index in [0.717, 1.165) is 17.5 Å². The molecule has 2 atom stereocenters. The normalized spacial score (nSPS) is 13.2. The molecule has 2 heterocycles. The number of anilines is 1. The summed E-state index contributed by atoms with van der Waals surface area (Å²) in [4.78, 5) is 15.7. The van der Waals surface area contributed by atoms with Crippen molar-refractivity contribution in [3.05, 3.63) is 53.7 Å². The lowest BCUT2D eigenvalue weighted by atomic mass is 9.83. The summed E-state index contributed by atoms with van der Waals surface area (Å²) in [5.41, 5.74) is 7.68. The summed E-state index contributed by atoms with van der Waals surface area (Å²) in [5, 5.41) is 23.7. The van der Waals surface area contributed by atoms with Gasteiger partial charge in [-0.1, -0.05) is 42.8 Å². The molecule has 0 aliphatic heterocycles. The van der Waals surface area contributed by atoms with Crippen molar-refractivity contribution in [3.8, 4) is 11.1 Å². The molecule has 4 N–H and O–H groups in total. The molecule has 0 radical (unpaired) electrons. The van der Waals surface area contributed by atoms with Crippen molar-refractivity contribution in [2.24, 2.45) is 5.92 Å². The van der Waals surface area contributed by atoms with Crippen molar-refractivity contribution in [3.63, 3.8) is 0 Å². The van der Waals surface area contributed by atoms with E-state index >= 15 is 0 Å². The van der Waals surface area contributed by atoms with Crippen LogP contribution in [-0.2, 0) is 11.2 Å². The maximum Gasteiger partial charge on any atom is 0.307 e. The molecule has 1 aromatic carbocycles. The van der Waals surface area contributed by atoms with Gasteiger partial charge in [-0.2, -0.15) is 5.21 Å². The lowest BCUT2D eigenvalue weighted by Gasteiger charge is -2.21. The van der Waals surface area contributed by atoms with Gasteiger partial charge in [-0.25, -0.2) is 9.37 Å². The van der Waals surface area contributed by atoms with Crippen molar-refractivity contribution in [1.82, 2.24) is 25.6 Å². The average molecular weight is 384 g/mol. The molecule has 0 spiro atoms. The lowest BCUT2D eigenvalue weighted by Crippen LogP contribution is -2.25. The summed E-state index contributed by atoms with van der Waals surface area (Å²) in [7, 11) is 0.